The van der Waals surface area contributed by atoms with E-state index in [0.717, 1.165) is 18.3 Å². The first kappa shape index (κ1) is 21.9. The highest BCUT2D eigenvalue weighted by Gasteiger charge is 2.05. The van der Waals surface area contributed by atoms with Crippen LogP contribution in [0.1, 0.15) is 111 Å². The van der Waals surface area contributed by atoms with Crippen molar-refractivity contribution in [3.63, 3.8) is 0 Å². The predicted molar refractivity (Wildman–Crippen MR) is 101 cm³/mol. The summed E-state index contributed by atoms with van der Waals surface area (Å²) in [4.78, 5) is 0. The van der Waals surface area contributed by atoms with Crippen molar-refractivity contribution >= 4 is 0 Å². The lowest BCUT2D eigenvalue weighted by Gasteiger charge is -2.13. The van der Waals surface area contributed by atoms with Crippen LogP contribution in [0.15, 0.2) is 0 Å². The molecule has 134 valence electrons. The van der Waals surface area contributed by atoms with Crippen LogP contribution in [0, 0.1) is 11.8 Å². The zero-order valence-corrected chi connectivity index (χ0v) is 15.8. The van der Waals surface area contributed by atoms with Crippen LogP contribution in [-0.2, 0) is 0 Å². The molecule has 0 fully saturated rings. The minimum absolute atomic E-state index is 0.108. The topological polar surface area (TPSA) is 52.0 Å². The van der Waals surface area contributed by atoms with E-state index in [0.29, 0.717) is 0 Å². The van der Waals surface area contributed by atoms with Crippen LogP contribution < -0.4 is 11.5 Å². The maximum absolute atomic E-state index is 5.56. The maximum atomic E-state index is 5.56. The van der Waals surface area contributed by atoms with Crippen LogP contribution in [0.3, 0.4) is 0 Å². The average Bonchev–Trinajstić information content (AvgIpc) is 2.47. The van der Waals surface area contributed by atoms with Gasteiger partial charge in [-0.05, 0) is 18.3 Å². The molecule has 2 unspecified atom stereocenters. The van der Waals surface area contributed by atoms with Crippen molar-refractivity contribution in [1.82, 2.24) is 0 Å². The van der Waals surface area contributed by atoms with Gasteiger partial charge in [-0.15, -0.1) is 0 Å². The average molecular weight is 313 g/mol. The highest BCUT2D eigenvalue weighted by atomic mass is 14.8. The Morgan fingerprint density at radius 2 is 0.909 bits per heavy atom. The molecule has 0 saturated heterocycles. The molecular weight excluding hydrogens is 268 g/mol. The maximum Gasteiger partial charge on any atom is 0.0520 e. The van der Waals surface area contributed by atoms with Gasteiger partial charge in [-0.2, -0.15) is 0 Å². The smallest absolute Gasteiger partial charge is 0.0520 e. The lowest BCUT2D eigenvalue weighted by atomic mass is 9.93. The summed E-state index contributed by atoms with van der Waals surface area (Å²) in [5, 5.41) is 0. The van der Waals surface area contributed by atoms with Crippen LogP contribution in [0.5, 0.6) is 0 Å². The molecule has 0 heterocycles. The van der Waals surface area contributed by atoms with E-state index in [1.54, 1.807) is 0 Å². The summed E-state index contributed by atoms with van der Waals surface area (Å²) in [6.45, 7) is 7.16. The third-order valence-corrected chi connectivity index (χ3v) is 4.93. The van der Waals surface area contributed by atoms with Crippen molar-refractivity contribution in [2.45, 2.75) is 117 Å². The Bertz CT molecular complexity index is 216. The Morgan fingerprint density at radius 3 is 1.32 bits per heavy atom. The molecule has 4 N–H and O–H groups in total. The third-order valence-electron chi connectivity index (χ3n) is 4.93. The van der Waals surface area contributed by atoms with Gasteiger partial charge in [0.05, 0.1) is 6.17 Å². The van der Waals surface area contributed by atoms with Crippen molar-refractivity contribution in [2.75, 3.05) is 0 Å². The molecule has 0 aromatic heterocycles. The van der Waals surface area contributed by atoms with Gasteiger partial charge in [0, 0.05) is 0 Å². The molecule has 0 aliphatic carbocycles. The molecule has 2 nitrogen and oxygen atoms in total. The van der Waals surface area contributed by atoms with Gasteiger partial charge in [0.2, 0.25) is 0 Å². The molecule has 22 heavy (non-hydrogen) atoms. The monoisotopic (exact) mass is 312 g/mol. The van der Waals surface area contributed by atoms with Gasteiger partial charge >= 0.3 is 0 Å². The van der Waals surface area contributed by atoms with E-state index >= 15 is 0 Å². The number of hydrogen-bond acceptors (Lipinski definition) is 2. The minimum atomic E-state index is -0.108. The van der Waals surface area contributed by atoms with Gasteiger partial charge in [-0.1, -0.05) is 104 Å². The fourth-order valence-corrected chi connectivity index (χ4v) is 3.24. The third kappa shape index (κ3) is 16.3. The predicted octanol–water partition coefficient (Wildman–Crippen LogP) is 5.98. The molecule has 2 atom stereocenters. The van der Waals surface area contributed by atoms with Crippen LogP contribution in [0.2, 0.25) is 0 Å². The van der Waals surface area contributed by atoms with Gasteiger partial charge in [-0.25, -0.2) is 0 Å². The van der Waals surface area contributed by atoms with Gasteiger partial charge < -0.3 is 11.5 Å². The van der Waals surface area contributed by atoms with Crippen molar-refractivity contribution in [1.29, 1.82) is 0 Å². The zero-order chi connectivity index (χ0) is 16.6. The lowest BCUT2D eigenvalue weighted by molar-refractivity contribution is 0.401. The normalized spacial score (nSPS) is 14.5. The molecular formula is C20H44N2. The summed E-state index contributed by atoms with van der Waals surface area (Å²) < 4.78 is 0. The Labute approximate surface area is 140 Å². The van der Waals surface area contributed by atoms with Gasteiger partial charge in [0.15, 0.2) is 0 Å². The first-order valence-corrected chi connectivity index (χ1v) is 10.1. The van der Waals surface area contributed by atoms with Crippen LogP contribution >= 0.6 is 0 Å². The molecule has 0 aromatic carbocycles. The highest BCUT2D eigenvalue weighted by molar-refractivity contribution is 4.59. The van der Waals surface area contributed by atoms with Gasteiger partial charge in [0.1, 0.15) is 0 Å². The van der Waals surface area contributed by atoms with Crippen molar-refractivity contribution in [3.05, 3.63) is 0 Å². The van der Waals surface area contributed by atoms with E-state index < -0.39 is 0 Å². The largest absolute Gasteiger partial charge is 0.316 e. The molecule has 0 aliphatic rings. The minimum Gasteiger partial charge on any atom is -0.316 e. The van der Waals surface area contributed by atoms with Crippen molar-refractivity contribution < 1.29 is 0 Å². The molecule has 0 aromatic rings. The van der Waals surface area contributed by atoms with E-state index in [9.17, 15) is 0 Å². The molecule has 2 heteroatoms. The van der Waals surface area contributed by atoms with Crippen LogP contribution in [-0.4, -0.2) is 6.17 Å². The summed E-state index contributed by atoms with van der Waals surface area (Å²) in [7, 11) is 0. The first-order valence-electron chi connectivity index (χ1n) is 10.1. The van der Waals surface area contributed by atoms with E-state index in [-0.39, 0.29) is 6.17 Å². The second-order valence-electron chi connectivity index (χ2n) is 7.65. The molecule has 0 bridgehead atoms. The molecule has 0 aliphatic heterocycles. The Balaban J connectivity index is 3.30. The van der Waals surface area contributed by atoms with Crippen molar-refractivity contribution in [2.24, 2.45) is 23.3 Å². The van der Waals surface area contributed by atoms with E-state index in [2.05, 4.69) is 20.8 Å². The molecule has 0 spiro atoms. The van der Waals surface area contributed by atoms with E-state index in [4.69, 9.17) is 11.5 Å². The van der Waals surface area contributed by atoms with E-state index in [1.807, 2.05) is 0 Å². The summed E-state index contributed by atoms with van der Waals surface area (Å²) >= 11 is 0. The molecule has 0 saturated carbocycles. The molecule has 0 radical (unpaired) electrons. The Hall–Kier alpha value is -0.0800. The SMILES string of the molecule is CCCCCC(C)CCCCC(C)CCCCCCC(N)N. The number of nitrogens with two attached hydrogens (primary N) is 2. The van der Waals surface area contributed by atoms with Crippen LogP contribution in [0.25, 0.3) is 0 Å². The number of unbranched alkanes of at least 4 members (excludes halogenated alkanes) is 6. The second kappa shape index (κ2) is 15.8. The summed E-state index contributed by atoms with van der Waals surface area (Å²) in [6.07, 6.45) is 18.9. The zero-order valence-electron chi connectivity index (χ0n) is 15.8. The summed E-state index contributed by atoms with van der Waals surface area (Å²) in [6, 6.07) is 0. The lowest BCUT2D eigenvalue weighted by Crippen LogP contribution is -2.29. The standard InChI is InChI=1S/C20H44N2/c1-4-5-8-13-18(2)15-11-12-16-19(3)14-9-6-7-10-17-20(21)22/h18-20H,4-17,21-22H2,1-3H3. The Kier molecular flexibility index (Phi) is 15.7. The van der Waals surface area contributed by atoms with E-state index in [1.165, 1.54) is 83.5 Å². The van der Waals surface area contributed by atoms with Gasteiger partial charge in [0.25, 0.3) is 0 Å². The Morgan fingerprint density at radius 1 is 0.545 bits per heavy atom. The van der Waals surface area contributed by atoms with Crippen molar-refractivity contribution in [3.8, 4) is 0 Å². The fourth-order valence-electron chi connectivity index (χ4n) is 3.24. The first-order chi connectivity index (χ1) is 10.6. The second-order valence-corrected chi connectivity index (χ2v) is 7.65. The quantitative estimate of drug-likeness (QED) is 0.272. The molecule has 0 rings (SSSR count). The summed E-state index contributed by atoms with van der Waals surface area (Å²) in [5.41, 5.74) is 11.1. The molecule has 0 amide bonds. The fraction of sp³-hybridized carbons (Fsp3) is 1.00. The number of hydrogen-bond donors (Lipinski definition) is 2. The number of rotatable bonds is 16. The summed E-state index contributed by atoms with van der Waals surface area (Å²) in [5.74, 6) is 1.85. The highest BCUT2D eigenvalue weighted by Crippen LogP contribution is 2.20. The van der Waals surface area contributed by atoms with Crippen LogP contribution in [0.4, 0.5) is 0 Å². The van der Waals surface area contributed by atoms with Gasteiger partial charge in [-0.3, -0.25) is 0 Å².